The Morgan fingerprint density at radius 3 is 3.10 bits per heavy atom. The fraction of sp³-hybridized carbons (Fsp3) is 0.333. The molecule has 2 heterocycles. The second-order valence-electron chi connectivity index (χ2n) is 5.03. The van der Waals surface area contributed by atoms with Gasteiger partial charge in [0.05, 0.1) is 6.04 Å². The summed E-state index contributed by atoms with van der Waals surface area (Å²) >= 11 is 5.32. The lowest BCUT2D eigenvalue weighted by Gasteiger charge is -2.24. The van der Waals surface area contributed by atoms with E-state index < -0.39 is 0 Å². The fourth-order valence-corrected chi connectivity index (χ4v) is 2.90. The lowest BCUT2D eigenvalue weighted by atomic mass is 10.1. The SMILES string of the molecule is CNC(=S)N1CCC[C@@H]1c1cc(-c2cccc(F)c2)on1. The Morgan fingerprint density at radius 1 is 1.48 bits per heavy atom. The lowest BCUT2D eigenvalue weighted by Crippen LogP contribution is -2.37. The van der Waals surface area contributed by atoms with Gasteiger partial charge in [0.15, 0.2) is 10.9 Å². The average Bonchev–Trinajstić information content (AvgIpc) is 3.15. The van der Waals surface area contributed by atoms with Crippen LogP contribution < -0.4 is 5.32 Å². The second-order valence-corrected chi connectivity index (χ2v) is 5.42. The first-order valence-corrected chi connectivity index (χ1v) is 7.31. The largest absolute Gasteiger partial charge is 0.366 e. The highest BCUT2D eigenvalue weighted by Crippen LogP contribution is 2.33. The number of nitrogens with one attached hydrogen (secondary N) is 1. The summed E-state index contributed by atoms with van der Waals surface area (Å²) in [6.45, 7) is 0.909. The van der Waals surface area contributed by atoms with E-state index in [1.807, 2.05) is 13.1 Å². The van der Waals surface area contributed by atoms with Crippen molar-refractivity contribution in [3.63, 3.8) is 0 Å². The molecule has 1 aromatic heterocycles. The van der Waals surface area contributed by atoms with Gasteiger partial charge in [0, 0.05) is 25.2 Å². The molecule has 3 rings (SSSR count). The van der Waals surface area contributed by atoms with Gasteiger partial charge in [0.25, 0.3) is 0 Å². The molecule has 0 radical (unpaired) electrons. The van der Waals surface area contributed by atoms with Crippen molar-refractivity contribution in [3.8, 4) is 11.3 Å². The van der Waals surface area contributed by atoms with Gasteiger partial charge >= 0.3 is 0 Å². The summed E-state index contributed by atoms with van der Waals surface area (Å²) in [5, 5.41) is 7.86. The molecular weight excluding hydrogens is 289 g/mol. The highest BCUT2D eigenvalue weighted by Gasteiger charge is 2.30. The van der Waals surface area contributed by atoms with E-state index in [1.165, 1.54) is 12.1 Å². The van der Waals surface area contributed by atoms with Gasteiger partial charge in [-0.25, -0.2) is 4.39 Å². The van der Waals surface area contributed by atoms with Crippen molar-refractivity contribution in [1.29, 1.82) is 0 Å². The molecule has 1 fully saturated rings. The van der Waals surface area contributed by atoms with Crippen LogP contribution in [-0.2, 0) is 0 Å². The molecule has 1 aliphatic rings. The van der Waals surface area contributed by atoms with E-state index >= 15 is 0 Å². The Balaban J connectivity index is 1.86. The highest BCUT2D eigenvalue weighted by atomic mass is 32.1. The average molecular weight is 305 g/mol. The Morgan fingerprint density at radius 2 is 2.33 bits per heavy atom. The van der Waals surface area contributed by atoms with Crippen molar-refractivity contribution in [2.75, 3.05) is 13.6 Å². The molecular formula is C15H16FN3OS. The zero-order chi connectivity index (χ0) is 14.8. The summed E-state index contributed by atoms with van der Waals surface area (Å²) in [5.41, 5.74) is 1.53. The van der Waals surface area contributed by atoms with E-state index in [4.69, 9.17) is 16.7 Å². The Bertz CT molecular complexity index is 658. The number of rotatable bonds is 2. The van der Waals surface area contributed by atoms with E-state index in [9.17, 15) is 4.39 Å². The van der Waals surface area contributed by atoms with Crippen LogP contribution in [0.5, 0.6) is 0 Å². The zero-order valence-electron chi connectivity index (χ0n) is 11.7. The van der Waals surface area contributed by atoms with Crippen LogP contribution in [0.25, 0.3) is 11.3 Å². The third-order valence-corrected chi connectivity index (χ3v) is 4.15. The van der Waals surface area contributed by atoms with Gasteiger partial charge in [-0.15, -0.1) is 0 Å². The Hall–Kier alpha value is -1.95. The van der Waals surface area contributed by atoms with Crippen molar-refractivity contribution in [2.45, 2.75) is 18.9 Å². The molecule has 0 bridgehead atoms. The number of hydrogen-bond acceptors (Lipinski definition) is 3. The fourth-order valence-electron chi connectivity index (χ4n) is 2.68. The Kier molecular flexibility index (Phi) is 3.88. The quantitative estimate of drug-likeness (QED) is 0.863. The predicted octanol–water partition coefficient (Wildman–Crippen LogP) is 3.12. The summed E-state index contributed by atoms with van der Waals surface area (Å²) < 4.78 is 18.7. The molecule has 21 heavy (non-hydrogen) atoms. The molecule has 0 aliphatic carbocycles. The summed E-state index contributed by atoms with van der Waals surface area (Å²) in [7, 11) is 1.82. The molecule has 2 aromatic rings. The second kappa shape index (κ2) is 5.81. The van der Waals surface area contributed by atoms with Gasteiger partial charge in [-0.05, 0) is 37.2 Å². The van der Waals surface area contributed by atoms with Crippen LogP contribution in [0.1, 0.15) is 24.6 Å². The van der Waals surface area contributed by atoms with Crippen molar-refractivity contribution in [3.05, 3.63) is 41.8 Å². The lowest BCUT2D eigenvalue weighted by molar-refractivity contribution is 0.356. The summed E-state index contributed by atoms with van der Waals surface area (Å²) in [5.74, 6) is 0.288. The minimum absolute atomic E-state index is 0.121. The van der Waals surface area contributed by atoms with Crippen LogP contribution in [0, 0.1) is 5.82 Å². The maximum atomic E-state index is 13.3. The first-order chi connectivity index (χ1) is 10.2. The maximum absolute atomic E-state index is 13.3. The van der Waals surface area contributed by atoms with Crippen molar-refractivity contribution in [1.82, 2.24) is 15.4 Å². The number of thiocarbonyl (C=S) groups is 1. The molecule has 0 spiro atoms. The van der Waals surface area contributed by atoms with Crippen molar-refractivity contribution in [2.24, 2.45) is 0 Å². The van der Waals surface area contributed by atoms with Crippen LogP contribution in [-0.4, -0.2) is 28.8 Å². The van der Waals surface area contributed by atoms with Crippen molar-refractivity contribution < 1.29 is 8.91 Å². The minimum Gasteiger partial charge on any atom is -0.366 e. The number of halogens is 1. The summed E-state index contributed by atoms with van der Waals surface area (Å²) in [6, 6.07) is 8.30. The normalized spacial score (nSPS) is 18.0. The van der Waals surface area contributed by atoms with E-state index in [0.29, 0.717) is 16.4 Å². The van der Waals surface area contributed by atoms with Gasteiger partial charge < -0.3 is 14.7 Å². The highest BCUT2D eigenvalue weighted by molar-refractivity contribution is 7.80. The number of aromatic nitrogens is 1. The smallest absolute Gasteiger partial charge is 0.169 e. The predicted molar refractivity (Wildman–Crippen MR) is 82.2 cm³/mol. The third-order valence-electron chi connectivity index (χ3n) is 3.71. The molecule has 0 amide bonds. The van der Waals surface area contributed by atoms with Gasteiger partial charge in [-0.2, -0.15) is 0 Å². The number of likely N-dealkylation sites (tertiary alicyclic amines) is 1. The zero-order valence-corrected chi connectivity index (χ0v) is 12.5. The van der Waals surface area contributed by atoms with Gasteiger partial charge in [0.1, 0.15) is 11.5 Å². The first kappa shape index (κ1) is 14.0. The molecule has 1 aliphatic heterocycles. The van der Waals surface area contributed by atoms with Crippen LogP contribution in [0.15, 0.2) is 34.9 Å². The first-order valence-electron chi connectivity index (χ1n) is 6.90. The van der Waals surface area contributed by atoms with Crippen LogP contribution in [0.4, 0.5) is 4.39 Å². The maximum Gasteiger partial charge on any atom is 0.169 e. The molecule has 0 saturated carbocycles. The molecule has 1 atom stereocenters. The van der Waals surface area contributed by atoms with Gasteiger partial charge in [0.2, 0.25) is 0 Å². The Labute approximate surface area is 127 Å². The molecule has 110 valence electrons. The van der Waals surface area contributed by atoms with Crippen LogP contribution in [0.3, 0.4) is 0 Å². The number of nitrogens with zero attached hydrogens (tertiary/aromatic N) is 2. The molecule has 1 N–H and O–H groups in total. The monoisotopic (exact) mass is 305 g/mol. The van der Waals surface area contributed by atoms with Crippen LogP contribution in [0.2, 0.25) is 0 Å². The van der Waals surface area contributed by atoms with E-state index in [0.717, 1.165) is 25.1 Å². The van der Waals surface area contributed by atoms with Crippen LogP contribution >= 0.6 is 12.2 Å². The van der Waals surface area contributed by atoms with Crippen molar-refractivity contribution >= 4 is 17.3 Å². The molecule has 6 heteroatoms. The summed E-state index contributed by atoms with van der Waals surface area (Å²) in [6.07, 6.45) is 2.05. The van der Waals surface area contributed by atoms with E-state index in [-0.39, 0.29) is 11.9 Å². The molecule has 4 nitrogen and oxygen atoms in total. The topological polar surface area (TPSA) is 41.3 Å². The minimum atomic E-state index is -0.288. The van der Waals surface area contributed by atoms with Gasteiger partial charge in [-0.3, -0.25) is 0 Å². The molecule has 1 saturated heterocycles. The van der Waals surface area contributed by atoms with E-state index in [1.54, 1.807) is 12.1 Å². The molecule has 1 aromatic carbocycles. The number of benzene rings is 1. The summed E-state index contributed by atoms with van der Waals surface area (Å²) in [4.78, 5) is 2.11. The molecule has 0 unspecified atom stereocenters. The number of hydrogen-bond donors (Lipinski definition) is 1. The van der Waals surface area contributed by atoms with Gasteiger partial charge in [-0.1, -0.05) is 17.3 Å². The standard InChI is InChI=1S/C15H16FN3OS/c1-17-15(21)19-7-3-6-13(19)12-9-14(20-18-12)10-4-2-5-11(16)8-10/h2,4-5,8-9,13H,3,6-7H2,1H3,(H,17,21)/t13-/m1/s1. The third kappa shape index (κ3) is 2.76. The van der Waals surface area contributed by atoms with E-state index in [2.05, 4.69) is 15.4 Å².